The van der Waals surface area contributed by atoms with Crippen LogP contribution in [-0.2, 0) is 21.2 Å². The molecule has 0 spiro atoms. The highest BCUT2D eigenvalue weighted by Crippen LogP contribution is 2.22. The van der Waals surface area contributed by atoms with Crippen molar-refractivity contribution in [3.63, 3.8) is 0 Å². The van der Waals surface area contributed by atoms with E-state index in [1.165, 1.54) is 6.07 Å². The van der Waals surface area contributed by atoms with E-state index in [0.29, 0.717) is 24.3 Å². The lowest BCUT2D eigenvalue weighted by Gasteiger charge is -2.28. The van der Waals surface area contributed by atoms with E-state index in [4.69, 9.17) is 9.15 Å². The Morgan fingerprint density at radius 1 is 1.10 bits per heavy atom. The summed E-state index contributed by atoms with van der Waals surface area (Å²) in [5.74, 6) is 0.146. The summed E-state index contributed by atoms with van der Waals surface area (Å²) in [6.07, 6.45) is 0.419. The van der Waals surface area contributed by atoms with Crippen LogP contribution in [0.4, 0.5) is 0 Å². The van der Waals surface area contributed by atoms with Gasteiger partial charge in [-0.25, -0.2) is 13.2 Å². The average molecular weight is 427 g/mol. The van der Waals surface area contributed by atoms with Gasteiger partial charge in [0.15, 0.2) is 16.4 Å². The molecule has 0 aliphatic carbocycles. The summed E-state index contributed by atoms with van der Waals surface area (Å²) in [7, 11) is -3.14. The van der Waals surface area contributed by atoms with E-state index < -0.39 is 15.5 Å². The first kappa shape index (κ1) is 20.2. The van der Waals surface area contributed by atoms with Crippen molar-refractivity contribution in [2.75, 3.05) is 18.1 Å². The van der Waals surface area contributed by atoms with Gasteiger partial charge in [-0.2, -0.15) is 0 Å². The van der Waals surface area contributed by atoms with Gasteiger partial charge < -0.3 is 14.1 Å². The number of carbonyl (C=O) groups is 1. The lowest BCUT2D eigenvalue weighted by Crippen LogP contribution is -2.43. The molecule has 8 heteroatoms. The first-order chi connectivity index (χ1) is 14.4. The van der Waals surface area contributed by atoms with Crippen LogP contribution in [0.5, 0.6) is 5.75 Å². The molecule has 0 radical (unpaired) electrons. The molecule has 1 aromatic heterocycles. The van der Waals surface area contributed by atoms with Crippen LogP contribution in [0.25, 0.3) is 11.0 Å². The molecule has 0 bridgehead atoms. The fourth-order valence-electron chi connectivity index (χ4n) is 3.58. The molecule has 1 atom stereocenters. The van der Waals surface area contributed by atoms with E-state index in [2.05, 4.69) is 0 Å². The lowest BCUT2D eigenvalue weighted by atomic mass is 10.1. The number of fused-ring (bicyclic) bond motifs is 1. The van der Waals surface area contributed by atoms with Gasteiger partial charge in [-0.15, -0.1) is 0 Å². The number of ether oxygens (including phenoxy) is 1. The van der Waals surface area contributed by atoms with E-state index in [0.717, 1.165) is 10.9 Å². The number of hydrogen-bond donors (Lipinski definition) is 0. The number of carbonyl (C=O) groups excluding carboxylic acids is 1. The summed E-state index contributed by atoms with van der Waals surface area (Å²) in [5, 5.41) is 0.746. The Hall–Kier alpha value is -3.13. The fraction of sp³-hybridized carbons (Fsp3) is 0.273. The molecule has 4 rings (SSSR count). The third-order valence-corrected chi connectivity index (χ3v) is 6.87. The van der Waals surface area contributed by atoms with Crippen LogP contribution < -0.4 is 10.4 Å². The molecule has 156 valence electrons. The molecule has 1 aliphatic rings. The Labute approximate surface area is 173 Å². The van der Waals surface area contributed by atoms with Crippen LogP contribution in [0, 0.1) is 0 Å². The molecule has 7 nitrogen and oxygen atoms in total. The maximum atomic E-state index is 13.0. The number of benzene rings is 2. The summed E-state index contributed by atoms with van der Waals surface area (Å²) < 4.78 is 34.7. The Bertz CT molecular complexity index is 1220. The van der Waals surface area contributed by atoms with Crippen molar-refractivity contribution in [3.8, 4) is 5.75 Å². The van der Waals surface area contributed by atoms with Gasteiger partial charge in [0.2, 0.25) is 0 Å². The van der Waals surface area contributed by atoms with Gasteiger partial charge in [0.1, 0.15) is 11.3 Å². The molecule has 1 aliphatic heterocycles. The standard InChI is InChI=1S/C22H21NO6S/c24-21(14-28-19-8-6-17-7-9-22(25)29-20(17)12-19)23(13-16-4-2-1-3-5-16)18-10-11-30(26,27)15-18/h1-9,12,18H,10-11,13-15H2. The first-order valence-electron chi connectivity index (χ1n) is 9.60. The Kier molecular flexibility index (Phi) is 5.59. The Morgan fingerprint density at radius 2 is 1.87 bits per heavy atom. The summed E-state index contributed by atoms with van der Waals surface area (Å²) in [5.41, 5.74) is 0.824. The van der Waals surface area contributed by atoms with Crippen molar-refractivity contribution >= 4 is 26.7 Å². The number of amides is 1. The zero-order valence-corrected chi connectivity index (χ0v) is 17.0. The molecule has 3 aromatic rings. The third-order valence-electron chi connectivity index (χ3n) is 5.12. The molecule has 30 heavy (non-hydrogen) atoms. The van der Waals surface area contributed by atoms with Crippen molar-refractivity contribution in [2.45, 2.75) is 19.0 Å². The minimum atomic E-state index is -3.14. The second-order valence-electron chi connectivity index (χ2n) is 7.31. The van der Waals surface area contributed by atoms with Crippen molar-refractivity contribution in [1.82, 2.24) is 4.90 Å². The van der Waals surface area contributed by atoms with Crippen LogP contribution >= 0.6 is 0 Å². The van der Waals surface area contributed by atoms with E-state index >= 15 is 0 Å². The minimum Gasteiger partial charge on any atom is -0.484 e. The predicted octanol–water partition coefficient (Wildman–Crippen LogP) is 2.39. The highest BCUT2D eigenvalue weighted by molar-refractivity contribution is 7.91. The number of nitrogens with zero attached hydrogens (tertiary/aromatic N) is 1. The van der Waals surface area contributed by atoms with Gasteiger partial charge in [0.25, 0.3) is 5.91 Å². The van der Waals surface area contributed by atoms with E-state index in [9.17, 15) is 18.0 Å². The quantitative estimate of drug-likeness (QED) is 0.561. The average Bonchev–Trinajstić information content (AvgIpc) is 3.10. The number of sulfone groups is 1. The number of rotatable bonds is 6. The molecular weight excluding hydrogens is 406 g/mol. The van der Waals surface area contributed by atoms with E-state index in [-0.39, 0.29) is 30.1 Å². The molecule has 1 saturated heterocycles. The van der Waals surface area contributed by atoms with Gasteiger partial charge >= 0.3 is 5.63 Å². The fourth-order valence-corrected chi connectivity index (χ4v) is 5.31. The van der Waals surface area contributed by atoms with Crippen molar-refractivity contribution in [3.05, 3.63) is 76.6 Å². The van der Waals surface area contributed by atoms with Gasteiger partial charge in [-0.3, -0.25) is 4.79 Å². The summed E-state index contributed by atoms with van der Waals surface area (Å²) >= 11 is 0. The zero-order valence-electron chi connectivity index (χ0n) is 16.2. The largest absolute Gasteiger partial charge is 0.484 e. The third kappa shape index (κ3) is 4.71. The topological polar surface area (TPSA) is 93.9 Å². The highest BCUT2D eigenvalue weighted by atomic mass is 32.2. The molecule has 0 saturated carbocycles. The van der Waals surface area contributed by atoms with Crippen LogP contribution in [0.2, 0.25) is 0 Å². The molecule has 1 fully saturated rings. The lowest BCUT2D eigenvalue weighted by molar-refractivity contribution is -0.136. The number of hydrogen-bond acceptors (Lipinski definition) is 6. The van der Waals surface area contributed by atoms with E-state index in [1.807, 2.05) is 30.3 Å². The summed E-state index contributed by atoms with van der Waals surface area (Å²) in [6.45, 7) is 0.0712. The van der Waals surface area contributed by atoms with Crippen LogP contribution in [0.1, 0.15) is 12.0 Å². The smallest absolute Gasteiger partial charge is 0.336 e. The summed E-state index contributed by atoms with van der Waals surface area (Å²) in [6, 6.07) is 17.0. The first-order valence-corrected chi connectivity index (χ1v) is 11.4. The van der Waals surface area contributed by atoms with Crippen molar-refractivity contribution in [2.24, 2.45) is 0 Å². The minimum absolute atomic E-state index is 0.0350. The molecule has 0 N–H and O–H groups in total. The van der Waals surface area contributed by atoms with Gasteiger partial charge in [0, 0.05) is 30.1 Å². The molecule has 1 unspecified atom stereocenters. The molecular formula is C22H21NO6S. The SMILES string of the molecule is O=C(COc1ccc2ccc(=O)oc2c1)N(Cc1ccccc1)C1CCS(=O)(=O)C1. The second kappa shape index (κ2) is 8.31. The monoisotopic (exact) mass is 427 g/mol. The van der Waals surface area contributed by atoms with Crippen LogP contribution in [0.3, 0.4) is 0 Å². The maximum Gasteiger partial charge on any atom is 0.336 e. The Morgan fingerprint density at radius 3 is 2.60 bits per heavy atom. The van der Waals surface area contributed by atoms with Gasteiger partial charge in [0.05, 0.1) is 11.5 Å². The van der Waals surface area contributed by atoms with E-state index in [1.54, 1.807) is 29.2 Å². The molecule has 2 heterocycles. The predicted molar refractivity (Wildman–Crippen MR) is 112 cm³/mol. The normalized spacial score (nSPS) is 17.7. The van der Waals surface area contributed by atoms with Gasteiger partial charge in [-0.05, 0) is 30.2 Å². The second-order valence-corrected chi connectivity index (χ2v) is 9.54. The maximum absolute atomic E-state index is 13.0. The van der Waals surface area contributed by atoms with Crippen LogP contribution in [-0.4, -0.2) is 43.4 Å². The van der Waals surface area contributed by atoms with Crippen molar-refractivity contribution < 1.29 is 22.4 Å². The zero-order chi connectivity index (χ0) is 21.1. The molecule has 1 amide bonds. The molecule has 2 aromatic carbocycles. The van der Waals surface area contributed by atoms with Gasteiger partial charge in [-0.1, -0.05) is 30.3 Å². The highest BCUT2D eigenvalue weighted by Gasteiger charge is 2.34. The summed E-state index contributed by atoms with van der Waals surface area (Å²) in [4.78, 5) is 26.0. The van der Waals surface area contributed by atoms with Crippen LogP contribution in [0.15, 0.2) is 69.9 Å². The van der Waals surface area contributed by atoms with Crippen molar-refractivity contribution in [1.29, 1.82) is 0 Å². The Balaban J connectivity index is 1.50.